The van der Waals surface area contributed by atoms with Gasteiger partial charge in [-0.15, -0.1) is 0 Å². The first-order chi connectivity index (χ1) is 11.7. The van der Waals surface area contributed by atoms with Gasteiger partial charge in [0, 0.05) is 37.2 Å². The summed E-state index contributed by atoms with van der Waals surface area (Å²) >= 11 is 11.9. The van der Waals surface area contributed by atoms with Crippen molar-refractivity contribution in [3.05, 3.63) is 28.2 Å². The molecule has 1 N–H and O–H groups in total. The van der Waals surface area contributed by atoms with Crippen LogP contribution < -0.4 is 5.32 Å². The Bertz CT molecular complexity index is 719. The number of hydrogen-bond donors (Lipinski definition) is 1. The van der Waals surface area contributed by atoms with Crippen LogP contribution in [0.25, 0.3) is 0 Å². The first-order valence-corrected chi connectivity index (χ1v) is 10.4. The van der Waals surface area contributed by atoms with Crippen molar-refractivity contribution < 1.29 is 13.2 Å². The van der Waals surface area contributed by atoms with Gasteiger partial charge in [0.2, 0.25) is 15.9 Å². The van der Waals surface area contributed by atoms with E-state index in [4.69, 9.17) is 23.2 Å². The molecule has 1 atom stereocenters. The lowest BCUT2D eigenvalue weighted by Gasteiger charge is -2.33. The Morgan fingerprint density at radius 1 is 1.24 bits per heavy atom. The molecule has 1 aliphatic rings. The van der Waals surface area contributed by atoms with Crippen LogP contribution in [0.15, 0.2) is 23.1 Å². The molecule has 1 aromatic rings. The van der Waals surface area contributed by atoms with Gasteiger partial charge >= 0.3 is 0 Å². The molecule has 0 aliphatic carbocycles. The van der Waals surface area contributed by atoms with Crippen LogP contribution in [0.1, 0.15) is 20.3 Å². The average Bonchev–Trinajstić information content (AvgIpc) is 2.57. The van der Waals surface area contributed by atoms with Crippen LogP contribution in [-0.2, 0) is 14.8 Å². The highest BCUT2D eigenvalue weighted by Crippen LogP contribution is 2.28. The molecule has 1 aliphatic heterocycles. The number of amides is 1. The Balaban J connectivity index is 1.97. The largest absolute Gasteiger partial charge is 0.353 e. The van der Waals surface area contributed by atoms with E-state index in [9.17, 15) is 13.2 Å². The summed E-state index contributed by atoms with van der Waals surface area (Å²) in [5.74, 6) is -0.0384. The molecule has 1 saturated heterocycles. The van der Waals surface area contributed by atoms with Crippen molar-refractivity contribution in [1.29, 1.82) is 0 Å². The van der Waals surface area contributed by atoms with Gasteiger partial charge in [-0.2, -0.15) is 4.31 Å². The Labute approximate surface area is 159 Å². The minimum Gasteiger partial charge on any atom is -0.353 e. The molecule has 0 spiro atoms. The van der Waals surface area contributed by atoms with Gasteiger partial charge < -0.3 is 5.32 Å². The first-order valence-electron chi connectivity index (χ1n) is 8.21. The van der Waals surface area contributed by atoms with E-state index in [-0.39, 0.29) is 28.4 Å². The summed E-state index contributed by atoms with van der Waals surface area (Å²) < 4.78 is 26.9. The number of carbonyl (C=O) groups excluding carboxylic acids is 1. The van der Waals surface area contributed by atoms with E-state index < -0.39 is 10.0 Å². The van der Waals surface area contributed by atoms with Crippen molar-refractivity contribution in [3.8, 4) is 0 Å². The van der Waals surface area contributed by atoms with Crippen LogP contribution in [0.2, 0.25) is 10.0 Å². The van der Waals surface area contributed by atoms with Crippen LogP contribution in [0.5, 0.6) is 0 Å². The SMILES string of the molecule is CC[C@@H](C)NC(=O)CN1CCN(S(=O)(=O)c2cc(Cl)ccc2Cl)CC1. The summed E-state index contributed by atoms with van der Waals surface area (Å²) in [5, 5.41) is 3.39. The predicted molar refractivity (Wildman–Crippen MR) is 99.6 cm³/mol. The normalized spacial score (nSPS) is 18.1. The third kappa shape index (κ3) is 5.31. The number of carbonyl (C=O) groups is 1. The lowest BCUT2D eigenvalue weighted by molar-refractivity contribution is -0.123. The van der Waals surface area contributed by atoms with E-state index in [2.05, 4.69) is 5.32 Å². The summed E-state index contributed by atoms with van der Waals surface area (Å²) in [7, 11) is -3.70. The lowest BCUT2D eigenvalue weighted by atomic mass is 10.2. The molecule has 0 unspecified atom stereocenters. The number of nitrogens with one attached hydrogen (secondary N) is 1. The Hall–Kier alpha value is -0.860. The molecule has 0 bridgehead atoms. The Morgan fingerprint density at radius 3 is 2.48 bits per heavy atom. The van der Waals surface area contributed by atoms with Gasteiger partial charge in [0.1, 0.15) is 4.90 Å². The van der Waals surface area contributed by atoms with E-state index in [0.717, 1.165) is 6.42 Å². The number of rotatable bonds is 6. The molecular weight excluding hydrogens is 385 g/mol. The number of sulfonamides is 1. The Kier molecular flexibility index (Phi) is 7.10. The molecule has 140 valence electrons. The third-order valence-electron chi connectivity index (χ3n) is 4.23. The number of halogens is 2. The van der Waals surface area contributed by atoms with Gasteiger partial charge in [-0.1, -0.05) is 30.1 Å². The molecule has 6 nitrogen and oxygen atoms in total. The van der Waals surface area contributed by atoms with Crippen LogP contribution in [0, 0.1) is 0 Å². The molecular formula is C16H23Cl2N3O3S. The minimum atomic E-state index is -3.70. The van der Waals surface area contributed by atoms with E-state index >= 15 is 0 Å². The van der Waals surface area contributed by atoms with E-state index in [1.807, 2.05) is 18.7 Å². The molecule has 0 saturated carbocycles. The van der Waals surface area contributed by atoms with Gasteiger partial charge in [0.05, 0.1) is 11.6 Å². The van der Waals surface area contributed by atoms with Gasteiger partial charge in [-0.25, -0.2) is 8.42 Å². The molecule has 9 heteroatoms. The maximum atomic E-state index is 12.8. The maximum Gasteiger partial charge on any atom is 0.244 e. The predicted octanol–water partition coefficient (Wildman–Crippen LogP) is 2.21. The molecule has 0 radical (unpaired) electrons. The molecule has 1 aromatic carbocycles. The number of hydrogen-bond acceptors (Lipinski definition) is 4. The number of nitrogens with zero attached hydrogens (tertiary/aromatic N) is 2. The molecule has 0 aromatic heterocycles. The topological polar surface area (TPSA) is 69.7 Å². The van der Waals surface area contributed by atoms with E-state index in [0.29, 0.717) is 31.2 Å². The van der Waals surface area contributed by atoms with Crippen molar-refractivity contribution in [2.45, 2.75) is 31.2 Å². The van der Waals surface area contributed by atoms with E-state index in [1.165, 1.54) is 16.4 Å². The zero-order chi connectivity index (χ0) is 18.6. The second-order valence-corrected chi connectivity index (χ2v) is 8.88. The zero-order valence-electron chi connectivity index (χ0n) is 14.3. The number of piperazine rings is 1. The van der Waals surface area contributed by atoms with Crippen molar-refractivity contribution in [2.24, 2.45) is 0 Å². The fourth-order valence-corrected chi connectivity index (χ4v) is 4.73. The first kappa shape index (κ1) is 20.5. The summed E-state index contributed by atoms with van der Waals surface area (Å²) in [6.07, 6.45) is 0.873. The highest BCUT2D eigenvalue weighted by Gasteiger charge is 2.30. The third-order valence-corrected chi connectivity index (χ3v) is 6.84. The van der Waals surface area contributed by atoms with Crippen molar-refractivity contribution in [3.63, 3.8) is 0 Å². The Morgan fingerprint density at radius 2 is 1.88 bits per heavy atom. The molecule has 2 rings (SSSR count). The zero-order valence-corrected chi connectivity index (χ0v) is 16.7. The second-order valence-electron chi connectivity index (χ2n) is 6.13. The fourth-order valence-electron chi connectivity index (χ4n) is 2.57. The van der Waals surface area contributed by atoms with Crippen LogP contribution in [0.3, 0.4) is 0 Å². The summed E-state index contributed by atoms with van der Waals surface area (Å²) in [5.41, 5.74) is 0. The maximum absolute atomic E-state index is 12.8. The van der Waals surface area contributed by atoms with Crippen molar-refractivity contribution in [2.75, 3.05) is 32.7 Å². The lowest BCUT2D eigenvalue weighted by Crippen LogP contribution is -2.51. The highest BCUT2D eigenvalue weighted by molar-refractivity contribution is 7.89. The average molecular weight is 408 g/mol. The van der Waals surface area contributed by atoms with Crippen LogP contribution in [-0.4, -0.2) is 62.3 Å². The van der Waals surface area contributed by atoms with Crippen molar-refractivity contribution >= 4 is 39.1 Å². The van der Waals surface area contributed by atoms with Gasteiger partial charge in [0.25, 0.3) is 0 Å². The van der Waals surface area contributed by atoms with Crippen molar-refractivity contribution in [1.82, 2.24) is 14.5 Å². The standard InChI is InChI=1S/C16H23Cl2N3O3S/c1-3-12(2)19-16(22)11-20-6-8-21(9-7-20)25(23,24)15-10-13(17)4-5-14(15)18/h4-5,10,12H,3,6-9,11H2,1-2H3,(H,19,22)/t12-/m1/s1. The molecule has 1 fully saturated rings. The van der Waals surface area contributed by atoms with E-state index in [1.54, 1.807) is 6.07 Å². The van der Waals surface area contributed by atoms with Gasteiger partial charge in [-0.05, 0) is 31.5 Å². The fraction of sp³-hybridized carbons (Fsp3) is 0.562. The number of benzene rings is 1. The summed E-state index contributed by atoms with van der Waals surface area (Å²) in [4.78, 5) is 13.9. The highest BCUT2D eigenvalue weighted by atomic mass is 35.5. The molecule has 25 heavy (non-hydrogen) atoms. The second kappa shape index (κ2) is 8.68. The van der Waals surface area contributed by atoms with Gasteiger partial charge in [-0.3, -0.25) is 9.69 Å². The smallest absolute Gasteiger partial charge is 0.244 e. The quantitative estimate of drug-likeness (QED) is 0.784. The minimum absolute atomic E-state index is 0.0182. The molecule has 1 amide bonds. The molecule has 1 heterocycles. The van der Waals surface area contributed by atoms with Crippen LogP contribution in [0.4, 0.5) is 0 Å². The summed E-state index contributed by atoms with van der Waals surface area (Å²) in [6, 6.07) is 4.54. The van der Waals surface area contributed by atoms with Gasteiger partial charge in [0.15, 0.2) is 0 Å². The summed E-state index contributed by atoms with van der Waals surface area (Å²) in [6.45, 7) is 5.84. The van der Waals surface area contributed by atoms with Crippen LogP contribution >= 0.6 is 23.2 Å². The monoisotopic (exact) mass is 407 g/mol.